The van der Waals surface area contributed by atoms with Crippen LogP contribution in [0.5, 0.6) is 0 Å². The Morgan fingerprint density at radius 3 is 2.77 bits per heavy atom. The highest BCUT2D eigenvalue weighted by Crippen LogP contribution is 2.34. The highest BCUT2D eigenvalue weighted by molar-refractivity contribution is 8.00. The van der Waals surface area contributed by atoms with E-state index >= 15 is 0 Å². The van der Waals surface area contributed by atoms with E-state index in [0.29, 0.717) is 28.9 Å². The predicted octanol–water partition coefficient (Wildman–Crippen LogP) is 4.48. The Balaban J connectivity index is 1.62. The lowest BCUT2D eigenvalue weighted by Crippen LogP contribution is -2.38. The number of halogens is 2. The smallest absolute Gasteiger partial charge is 0.237 e. The van der Waals surface area contributed by atoms with E-state index < -0.39 is 0 Å². The monoisotopic (exact) mass is 408 g/mol. The first-order valence-electron chi connectivity index (χ1n) is 8.16. The summed E-state index contributed by atoms with van der Waals surface area (Å²) in [5.41, 5.74) is 1.72. The molecule has 0 aliphatic carbocycles. The van der Waals surface area contributed by atoms with E-state index in [1.165, 1.54) is 11.8 Å². The standard InChI is InChI=1S/C19H18Cl2N2O2S/c1-22(11-13-6-7-14(20)10-15(13)21)18(24)8-9-23-16-4-2-3-5-17(16)26-12-19(23)25/h2-7,10H,8-9,11-12H2,1H3. The van der Waals surface area contributed by atoms with Crippen LogP contribution >= 0.6 is 35.0 Å². The second-order valence-corrected chi connectivity index (χ2v) is 7.90. The second-order valence-electron chi connectivity index (χ2n) is 6.04. The molecule has 4 nitrogen and oxygen atoms in total. The van der Waals surface area contributed by atoms with Gasteiger partial charge in [-0.25, -0.2) is 0 Å². The number of thioether (sulfide) groups is 1. The normalized spacial score (nSPS) is 13.5. The number of amides is 2. The van der Waals surface area contributed by atoms with Crippen LogP contribution in [0.2, 0.25) is 10.0 Å². The van der Waals surface area contributed by atoms with Crippen molar-refractivity contribution in [2.24, 2.45) is 0 Å². The quantitative estimate of drug-likeness (QED) is 0.731. The molecule has 1 aliphatic heterocycles. The molecule has 0 bridgehead atoms. The number of rotatable bonds is 5. The molecule has 0 saturated heterocycles. The third kappa shape index (κ3) is 4.34. The fraction of sp³-hybridized carbons (Fsp3) is 0.263. The van der Waals surface area contributed by atoms with Crippen LogP contribution in [-0.2, 0) is 16.1 Å². The van der Waals surface area contributed by atoms with Crippen LogP contribution in [-0.4, -0.2) is 36.1 Å². The van der Waals surface area contributed by atoms with Crippen LogP contribution in [0.1, 0.15) is 12.0 Å². The van der Waals surface area contributed by atoms with Crippen LogP contribution in [0.3, 0.4) is 0 Å². The summed E-state index contributed by atoms with van der Waals surface area (Å²) in [5.74, 6) is 0.394. The molecule has 2 aromatic carbocycles. The number of nitrogens with zero attached hydrogens (tertiary/aromatic N) is 2. The van der Waals surface area contributed by atoms with Crippen molar-refractivity contribution >= 4 is 52.5 Å². The van der Waals surface area contributed by atoms with E-state index in [0.717, 1.165) is 16.1 Å². The van der Waals surface area contributed by atoms with E-state index in [1.54, 1.807) is 29.0 Å². The summed E-state index contributed by atoms with van der Waals surface area (Å²) < 4.78 is 0. The molecule has 0 aromatic heterocycles. The Labute approximate surface area is 167 Å². The summed E-state index contributed by atoms with van der Waals surface area (Å²) in [7, 11) is 1.73. The minimum Gasteiger partial charge on any atom is -0.341 e. The lowest BCUT2D eigenvalue weighted by molar-refractivity contribution is -0.130. The van der Waals surface area contributed by atoms with Gasteiger partial charge in [-0.3, -0.25) is 9.59 Å². The zero-order valence-corrected chi connectivity index (χ0v) is 16.6. The Morgan fingerprint density at radius 1 is 1.23 bits per heavy atom. The van der Waals surface area contributed by atoms with Crippen molar-refractivity contribution in [2.45, 2.75) is 17.9 Å². The maximum atomic E-state index is 12.5. The summed E-state index contributed by atoms with van der Waals surface area (Å²) in [6, 6.07) is 13.0. The first-order chi connectivity index (χ1) is 12.5. The molecular weight excluding hydrogens is 391 g/mol. The molecule has 7 heteroatoms. The van der Waals surface area contributed by atoms with E-state index in [9.17, 15) is 9.59 Å². The summed E-state index contributed by atoms with van der Waals surface area (Å²) in [6.07, 6.45) is 0.256. The molecule has 2 aromatic rings. The van der Waals surface area contributed by atoms with Gasteiger partial charge in [-0.05, 0) is 29.8 Å². The molecular formula is C19H18Cl2N2O2S. The molecule has 1 heterocycles. The van der Waals surface area contributed by atoms with Crippen molar-refractivity contribution < 1.29 is 9.59 Å². The molecule has 0 radical (unpaired) electrons. The Bertz CT molecular complexity index is 844. The van der Waals surface area contributed by atoms with E-state index in [2.05, 4.69) is 0 Å². The van der Waals surface area contributed by atoms with Gasteiger partial charge in [-0.1, -0.05) is 41.4 Å². The minimum atomic E-state index is -0.0421. The SMILES string of the molecule is CN(Cc1ccc(Cl)cc1Cl)C(=O)CCN1C(=O)CSc2ccccc21. The van der Waals surface area contributed by atoms with Gasteiger partial charge in [0.05, 0.1) is 11.4 Å². The number of carbonyl (C=O) groups is 2. The van der Waals surface area contributed by atoms with Gasteiger partial charge in [-0.15, -0.1) is 11.8 Å². The van der Waals surface area contributed by atoms with Crippen molar-refractivity contribution in [3.63, 3.8) is 0 Å². The molecule has 0 atom stereocenters. The first kappa shape index (κ1) is 19.1. The summed E-state index contributed by atoms with van der Waals surface area (Å²) in [5, 5.41) is 1.10. The van der Waals surface area contributed by atoms with Crippen molar-refractivity contribution in [1.82, 2.24) is 4.90 Å². The van der Waals surface area contributed by atoms with E-state index in [-0.39, 0.29) is 18.2 Å². The first-order valence-corrected chi connectivity index (χ1v) is 9.90. The van der Waals surface area contributed by atoms with Crippen molar-refractivity contribution in [2.75, 3.05) is 24.2 Å². The van der Waals surface area contributed by atoms with Crippen LogP contribution in [0.25, 0.3) is 0 Å². The topological polar surface area (TPSA) is 40.6 Å². The number of hydrogen-bond acceptors (Lipinski definition) is 3. The van der Waals surface area contributed by atoms with Gasteiger partial charge in [0.1, 0.15) is 0 Å². The van der Waals surface area contributed by atoms with Crippen molar-refractivity contribution in [3.05, 3.63) is 58.1 Å². The number of benzene rings is 2. The highest BCUT2D eigenvalue weighted by Gasteiger charge is 2.25. The average molecular weight is 409 g/mol. The van der Waals surface area contributed by atoms with Gasteiger partial charge in [0.15, 0.2) is 0 Å². The lowest BCUT2D eigenvalue weighted by Gasteiger charge is -2.29. The van der Waals surface area contributed by atoms with Crippen LogP contribution in [0, 0.1) is 0 Å². The Kier molecular flexibility index (Phi) is 6.12. The van der Waals surface area contributed by atoms with Crippen LogP contribution < -0.4 is 4.90 Å². The third-order valence-corrected chi connectivity index (χ3v) is 5.84. The number of fused-ring (bicyclic) bond motifs is 1. The summed E-state index contributed by atoms with van der Waals surface area (Å²) >= 11 is 13.6. The van der Waals surface area contributed by atoms with Gasteiger partial charge < -0.3 is 9.80 Å². The fourth-order valence-corrected chi connectivity index (χ4v) is 4.20. The number of para-hydroxylation sites is 1. The minimum absolute atomic E-state index is 0.0323. The van der Waals surface area contributed by atoms with Gasteiger partial charge >= 0.3 is 0 Å². The molecule has 2 amide bonds. The number of anilines is 1. The molecule has 0 spiro atoms. The molecule has 136 valence electrons. The fourth-order valence-electron chi connectivity index (χ4n) is 2.79. The van der Waals surface area contributed by atoms with Crippen molar-refractivity contribution in [1.29, 1.82) is 0 Å². The van der Waals surface area contributed by atoms with Crippen molar-refractivity contribution in [3.8, 4) is 0 Å². The highest BCUT2D eigenvalue weighted by atomic mass is 35.5. The van der Waals surface area contributed by atoms with Crippen LogP contribution in [0.4, 0.5) is 5.69 Å². The van der Waals surface area contributed by atoms with E-state index in [4.69, 9.17) is 23.2 Å². The maximum Gasteiger partial charge on any atom is 0.237 e. The molecule has 26 heavy (non-hydrogen) atoms. The third-order valence-electron chi connectivity index (χ3n) is 4.21. The van der Waals surface area contributed by atoms with Crippen LogP contribution in [0.15, 0.2) is 47.4 Å². The number of hydrogen-bond donors (Lipinski definition) is 0. The zero-order chi connectivity index (χ0) is 18.7. The Hall–Kier alpha value is -1.69. The van der Waals surface area contributed by atoms with E-state index in [1.807, 2.05) is 30.3 Å². The molecule has 1 aliphatic rings. The Morgan fingerprint density at radius 2 is 2.00 bits per heavy atom. The molecule has 0 unspecified atom stereocenters. The molecule has 0 saturated carbocycles. The molecule has 0 N–H and O–H groups in total. The maximum absolute atomic E-state index is 12.5. The summed E-state index contributed by atoms with van der Waals surface area (Å²) in [4.78, 5) is 29.1. The average Bonchev–Trinajstić information content (AvgIpc) is 2.63. The van der Waals surface area contributed by atoms with Gasteiger partial charge in [0.2, 0.25) is 11.8 Å². The summed E-state index contributed by atoms with van der Waals surface area (Å²) in [6.45, 7) is 0.767. The zero-order valence-electron chi connectivity index (χ0n) is 14.2. The largest absolute Gasteiger partial charge is 0.341 e. The predicted molar refractivity (Wildman–Crippen MR) is 107 cm³/mol. The van der Waals surface area contributed by atoms with Gasteiger partial charge in [0.25, 0.3) is 0 Å². The number of carbonyl (C=O) groups excluding carboxylic acids is 2. The molecule has 0 fully saturated rings. The van der Waals surface area contributed by atoms with Gasteiger partial charge in [-0.2, -0.15) is 0 Å². The second kappa shape index (κ2) is 8.33. The lowest BCUT2D eigenvalue weighted by atomic mass is 10.2. The molecule has 3 rings (SSSR count). The van der Waals surface area contributed by atoms with Gasteiger partial charge in [0, 0.05) is 41.5 Å².